The van der Waals surface area contributed by atoms with Crippen LogP contribution in [0.2, 0.25) is 0 Å². The molecular weight excluding hydrogens is 745 g/mol. The van der Waals surface area contributed by atoms with Crippen molar-refractivity contribution in [3.8, 4) is 44.8 Å². The Labute approximate surface area is 352 Å². The standard InChI is InChI=1S/C57H36N2O2/c1-3-14-37(15-4-1)40-19-11-21-44(34-40)59(43-30-28-38(29-31-43)50-36-42-18-7-8-23-46(42)48-24-9-10-25-49(48)50)45-22-12-20-41(35-45)47-26-13-27-51-54(47)55-52(60-51)32-33-53-56(55)58-57(61-53)39-16-5-2-6-17-39/h1-36H. The number of anilines is 3. The summed E-state index contributed by atoms with van der Waals surface area (Å²) in [6.45, 7) is 0. The largest absolute Gasteiger partial charge is 0.456 e. The van der Waals surface area contributed by atoms with Gasteiger partial charge in [0.05, 0.1) is 5.39 Å². The van der Waals surface area contributed by atoms with Crippen LogP contribution in [-0.2, 0) is 0 Å². The molecule has 0 fully saturated rings. The third kappa shape index (κ3) is 5.96. The maximum absolute atomic E-state index is 6.52. The van der Waals surface area contributed by atoms with Crippen molar-refractivity contribution in [3.63, 3.8) is 0 Å². The molecule has 0 amide bonds. The van der Waals surface area contributed by atoms with Crippen LogP contribution in [0.3, 0.4) is 0 Å². The number of hydrogen-bond donors (Lipinski definition) is 0. The predicted molar refractivity (Wildman–Crippen MR) is 253 cm³/mol. The minimum atomic E-state index is 0.588. The Bertz CT molecular complexity index is 3590. The maximum atomic E-state index is 6.52. The van der Waals surface area contributed by atoms with Gasteiger partial charge < -0.3 is 13.7 Å². The van der Waals surface area contributed by atoms with E-state index in [4.69, 9.17) is 13.8 Å². The lowest BCUT2D eigenvalue weighted by Gasteiger charge is -2.27. The molecule has 0 aliphatic rings. The zero-order valence-corrected chi connectivity index (χ0v) is 33.0. The first kappa shape index (κ1) is 34.8. The van der Waals surface area contributed by atoms with E-state index in [9.17, 15) is 0 Å². The van der Waals surface area contributed by atoms with Crippen molar-refractivity contribution in [1.82, 2.24) is 4.98 Å². The lowest BCUT2D eigenvalue weighted by Crippen LogP contribution is -2.10. The van der Waals surface area contributed by atoms with Crippen molar-refractivity contribution in [2.75, 3.05) is 4.90 Å². The van der Waals surface area contributed by atoms with Crippen LogP contribution >= 0.6 is 0 Å². The highest BCUT2D eigenvalue weighted by atomic mass is 16.4. The molecule has 0 unspecified atom stereocenters. The summed E-state index contributed by atoms with van der Waals surface area (Å²) < 4.78 is 12.8. The smallest absolute Gasteiger partial charge is 0.227 e. The Kier molecular flexibility index (Phi) is 8.13. The van der Waals surface area contributed by atoms with E-state index in [0.717, 1.165) is 72.4 Å². The van der Waals surface area contributed by atoms with Gasteiger partial charge in [0.1, 0.15) is 16.7 Å². The fourth-order valence-electron chi connectivity index (χ4n) is 9.04. The van der Waals surface area contributed by atoms with Crippen molar-refractivity contribution in [2.24, 2.45) is 0 Å². The van der Waals surface area contributed by atoms with Crippen LogP contribution in [-0.4, -0.2) is 4.98 Å². The Morgan fingerprint density at radius 2 is 0.934 bits per heavy atom. The van der Waals surface area contributed by atoms with E-state index in [2.05, 4.69) is 175 Å². The Hall–Kier alpha value is -8.21. The van der Waals surface area contributed by atoms with Crippen molar-refractivity contribution in [1.29, 1.82) is 0 Å². The molecule has 0 N–H and O–H groups in total. The van der Waals surface area contributed by atoms with Gasteiger partial charge >= 0.3 is 0 Å². The molecule has 4 nitrogen and oxygen atoms in total. The average Bonchev–Trinajstić information content (AvgIpc) is 3.95. The van der Waals surface area contributed by atoms with Crippen LogP contribution in [0, 0.1) is 0 Å². The van der Waals surface area contributed by atoms with Gasteiger partial charge in [-0.25, -0.2) is 4.98 Å². The summed E-state index contributed by atoms with van der Waals surface area (Å²) in [4.78, 5) is 7.41. The van der Waals surface area contributed by atoms with Crippen LogP contribution in [0.5, 0.6) is 0 Å². The van der Waals surface area contributed by atoms with Gasteiger partial charge in [-0.15, -0.1) is 0 Å². The summed E-state index contributed by atoms with van der Waals surface area (Å²) in [7, 11) is 0. The fraction of sp³-hybridized carbons (Fsp3) is 0. The number of benzene rings is 10. The molecule has 0 aliphatic carbocycles. The van der Waals surface area contributed by atoms with Crippen molar-refractivity contribution >= 4 is 71.6 Å². The summed E-state index contributed by atoms with van der Waals surface area (Å²) in [5.74, 6) is 0.588. The van der Waals surface area contributed by atoms with E-state index in [0.29, 0.717) is 5.89 Å². The molecule has 0 atom stereocenters. The van der Waals surface area contributed by atoms with Gasteiger partial charge in [0.2, 0.25) is 5.89 Å². The number of rotatable bonds is 7. The van der Waals surface area contributed by atoms with Gasteiger partial charge in [0.15, 0.2) is 5.58 Å². The topological polar surface area (TPSA) is 42.4 Å². The maximum Gasteiger partial charge on any atom is 0.227 e. The molecule has 0 saturated heterocycles. The number of furan rings is 1. The van der Waals surface area contributed by atoms with E-state index in [1.807, 2.05) is 48.5 Å². The number of aromatic nitrogens is 1. The molecule has 0 aliphatic heterocycles. The van der Waals surface area contributed by atoms with E-state index in [-0.39, 0.29) is 0 Å². The minimum Gasteiger partial charge on any atom is -0.456 e. The number of fused-ring (bicyclic) bond motifs is 8. The Morgan fingerprint density at radius 1 is 0.328 bits per heavy atom. The van der Waals surface area contributed by atoms with Gasteiger partial charge in [-0.05, 0) is 128 Å². The number of nitrogens with zero attached hydrogens (tertiary/aromatic N) is 2. The molecule has 12 aromatic rings. The van der Waals surface area contributed by atoms with E-state index in [1.54, 1.807) is 0 Å². The van der Waals surface area contributed by atoms with Gasteiger partial charge in [-0.2, -0.15) is 0 Å². The van der Waals surface area contributed by atoms with E-state index < -0.39 is 0 Å². The fourth-order valence-corrected chi connectivity index (χ4v) is 9.04. The summed E-state index contributed by atoms with van der Waals surface area (Å²) in [5.41, 5.74) is 14.0. The zero-order valence-electron chi connectivity index (χ0n) is 33.0. The predicted octanol–water partition coefficient (Wildman–Crippen LogP) is 16.2. The first-order valence-electron chi connectivity index (χ1n) is 20.6. The highest BCUT2D eigenvalue weighted by Gasteiger charge is 2.21. The van der Waals surface area contributed by atoms with Crippen molar-refractivity contribution in [3.05, 3.63) is 218 Å². The summed E-state index contributed by atoms with van der Waals surface area (Å²) >= 11 is 0. The van der Waals surface area contributed by atoms with Crippen LogP contribution in [0.25, 0.3) is 99.4 Å². The normalized spacial score (nSPS) is 11.6. The van der Waals surface area contributed by atoms with Gasteiger partial charge in [0, 0.05) is 28.0 Å². The molecule has 4 heteroatoms. The zero-order chi connectivity index (χ0) is 40.3. The summed E-state index contributed by atoms with van der Waals surface area (Å²) in [6.07, 6.45) is 0. The molecule has 0 saturated carbocycles. The van der Waals surface area contributed by atoms with Crippen LogP contribution < -0.4 is 4.90 Å². The van der Waals surface area contributed by atoms with Crippen molar-refractivity contribution < 1.29 is 8.83 Å². The SMILES string of the molecule is c1ccc(-c2cccc(N(c3ccc(-c4cc5ccccc5c5ccccc45)cc3)c3cccc(-c4cccc5oc6ccc7oc(-c8ccccc8)nc7c6c45)c3)c2)cc1. The number of oxazole rings is 1. The summed E-state index contributed by atoms with van der Waals surface area (Å²) in [6, 6.07) is 77.2. The third-order valence-electron chi connectivity index (χ3n) is 11.9. The number of hydrogen-bond acceptors (Lipinski definition) is 4. The quantitative estimate of drug-likeness (QED) is 0.151. The second-order valence-corrected chi connectivity index (χ2v) is 15.5. The van der Waals surface area contributed by atoms with Gasteiger partial charge in [0.25, 0.3) is 0 Å². The second kappa shape index (κ2) is 14.3. The molecule has 0 bridgehead atoms. The highest BCUT2D eigenvalue weighted by Crippen LogP contribution is 2.44. The lowest BCUT2D eigenvalue weighted by atomic mass is 9.93. The highest BCUT2D eigenvalue weighted by molar-refractivity contribution is 6.21. The Balaban J connectivity index is 1.02. The first-order chi connectivity index (χ1) is 30.2. The monoisotopic (exact) mass is 780 g/mol. The molecule has 10 aromatic carbocycles. The molecule has 286 valence electrons. The molecule has 2 aromatic heterocycles. The van der Waals surface area contributed by atoms with Crippen LogP contribution in [0.4, 0.5) is 17.1 Å². The lowest BCUT2D eigenvalue weighted by molar-refractivity contribution is 0.619. The second-order valence-electron chi connectivity index (χ2n) is 15.5. The molecule has 12 rings (SSSR count). The van der Waals surface area contributed by atoms with Gasteiger partial charge in [-0.1, -0.05) is 146 Å². The molecule has 0 spiro atoms. The minimum absolute atomic E-state index is 0.588. The summed E-state index contributed by atoms with van der Waals surface area (Å²) in [5, 5.41) is 6.97. The molecular formula is C57H36N2O2. The van der Waals surface area contributed by atoms with Crippen molar-refractivity contribution in [2.45, 2.75) is 0 Å². The van der Waals surface area contributed by atoms with E-state index in [1.165, 1.54) is 38.2 Å². The third-order valence-corrected chi connectivity index (χ3v) is 11.9. The van der Waals surface area contributed by atoms with E-state index >= 15 is 0 Å². The van der Waals surface area contributed by atoms with Crippen LogP contribution in [0.1, 0.15) is 0 Å². The molecule has 2 heterocycles. The van der Waals surface area contributed by atoms with Crippen LogP contribution in [0.15, 0.2) is 227 Å². The molecule has 0 radical (unpaired) electrons. The van der Waals surface area contributed by atoms with Gasteiger partial charge in [-0.3, -0.25) is 0 Å². The molecule has 61 heavy (non-hydrogen) atoms. The Morgan fingerprint density at radius 3 is 1.72 bits per heavy atom. The average molecular weight is 781 g/mol. The first-order valence-corrected chi connectivity index (χ1v) is 20.6.